The standard InChI is InChI=1S/C16H24N2O/c1-4-14(2)18(12-13-19-3)16(10-11-17)15-8-6-5-7-9-15/h5-9,14,16H,4,10,12-13H2,1-3H3. The second-order valence-corrected chi connectivity index (χ2v) is 4.78. The fourth-order valence-electron chi connectivity index (χ4n) is 2.30. The number of rotatable bonds is 8. The molecule has 3 heteroatoms. The van der Waals surface area contributed by atoms with Gasteiger partial charge in [-0.25, -0.2) is 0 Å². The average Bonchev–Trinajstić information content (AvgIpc) is 2.47. The van der Waals surface area contributed by atoms with E-state index in [2.05, 4.69) is 36.9 Å². The summed E-state index contributed by atoms with van der Waals surface area (Å²) in [4.78, 5) is 2.38. The molecule has 104 valence electrons. The van der Waals surface area contributed by atoms with E-state index in [0.717, 1.165) is 13.0 Å². The molecule has 0 saturated heterocycles. The number of benzene rings is 1. The van der Waals surface area contributed by atoms with Crippen LogP contribution in [-0.2, 0) is 4.74 Å². The first-order chi connectivity index (χ1) is 9.24. The Morgan fingerprint density at radius 2 is 2.00 bits per heavy atom. The summed E-state index contributed by atoms with van der Waals surface area (Å²) in [6.45, 7) is 5.94. The third-order valence-corrected chi connectivity index (χ3v) is 3.58. The molecular weight excluding hydrogens is 236 g/mol. The first kappa shape index (κ1) is 15.7. The lowest BCUT2D eigenvalue weighted by Gasteiger charge is -2.35. The van der Waals surface area contributed by atoms with Gasteiger partial charge in [0.05, 0.1) is 19.1 Å². The van der Waals surface area contributed by atoms with Crippen molar-refractivity contribution in [1.29, 1.82) is 5.26 Å². The van der Waals surface area contributed by atoms with E-state index in [1.54, 1.807) is 7.11 Å². The van der Waals surface area contributed by atoms with Gasteiger partial charge in [0.15, 0.2) is 0 Å². The molecule has 19 heavy (non-hydrogen) atoms. The van der Waals surface area contributed by atoms with Crippen LogP contribution in [0, 0.1) is 11.3 Å². The van der Waals surface area contributed by atoms with Gasteiger partial charge >= 0.3 is 0 Å². The monoisotopic (exact) mass is 260 g/mol. The van der Waals surface area contributed by atoms with E-state index in [-0.39, 0.29) is 6.04 Å². The van der Waals surface area contributed by atoms with E-state index in [0.29, 0.717) is 19.1 Å². The fourth-order valence-corrected chi connectivity index (χ4v) is 2.30. The number of nitrogens with zero attached hydrogens (tertiary/aromatic N) is 2. The van der Waals surface area contributed by atoms with E-state index in [4.69, 9.17) is 10.00 Å². The molecule has 0 fully saturated rings. The highest BCUT2D eigenvalue weighted by Crippen LogP contribution is 2.26. The minimum atomic E-state index is 0.149. The lowest BCUT2D eigenvalue weighted by Crippen LogP contribution is -2.38. The Kier molecular flexibility index (Phi) is 7.17. The second-order valence-electron chi connectivity index (χ2n) is 4.78. The van der Waals surface area contributed by atoms with Gasteiger partial charge in [-0.15, -0.1) is 0 Å². The third kappa shape index (κ3) is 4.66. The Morgan fingerprint density at radius 3 is 2.53 bits per heavy atom. The number of nitriles is 1. The Bertz CT molecular complexity index is 385. The number of hydrogen-bond acceptors (Lipinski definition) is 3. The molecule has 0 bridgehead atoms. The van der Waals surface area contributed by atoms with Crippen LogP contribution in [0.2, 0.25) is 0 Å². The summed E-state index contributed by atoms with van der Waals surface area (Å²) in [7, 11) is 1.72. The van der Waals surface area contributed by atoms with Crippen LogP contribution in [0.15, 0.2) is 30.3 Å². The van der Waals surface area contributed by atoms with Crippen molar-refractivity contribution in [3.63, 3.8) is 0 Å². The first-order valence-corrected chi connectivity index (χ1v) is 6.91. The zero-order valence-corrected chi connectivity index (χ0v) is 12.2. The Labute approximate surface area is 116 Å². The quantitative estimate of drug-likeness (QED) is 0.719. The summed E-state index contributed by atoms with van der Waals surface area (Å²) in [5.41, 5.74) is 1.21. The Balaban J connectivity index is 2.94. The molecule has 0 saturated carbocycles. The van der Waals surface area contributed by atoms with Crippen LogP contribution in [0.5, 0.6) is 0 Å². The van der Waals surface area contributed by atoms with Gasteiger partial charge in [0.25, 0.3) is 0 Å². The summed E-state index contributed by atoms with van der Waals surface area (Å²) in [6.07, 6.45) is 1.58. The lowest BCUT2D eigenvalue weighted by atomic mass is 10.00. The number of hydrogen-bond donors (Lipinski definition) is 0. The molecule has 0 aliphatic heterocycles. The predicted molar refractivity (Wildman–Crippen MR) is 77.7 cm³/mol. The minimum Gasteiger partial charge on any atom is -0.383 e. The molecule has 0 heterocycles. The molecule has 0 aliphatic rings. The van der Waals surface area contributed by atoms with Crippen LogP contribution in [-0.4, -0.2) is 31.2 Å². The van der Waals surface area contributed by atoms with Gasteiger partial charge in [-0.2, -0.15) is 5.26 Å². The Hall–Kier alpha value is -1.37. The normalized spacial score (nSPS) is 14.1. The van der Waals surface area contributed by atoms with Crippen LogP contribution in [0.1, 0.15) is 38.3 Å². The van der Waals surface area contributed by atoms with Crippen molar-refractivity contribution in [2.24, 2.45) is 0 Å². The summed E-state index contributed by atoms with van der Waals surface area (Å²) >= 11 is 0. The fraction of sp³-hybridized carbons (Fsp3) is 0.562. The van der Waals surface area contributed by atoms with Crippen molar-refractivity contribution in [3.05, 3.63) is 35.9 Å². The largest absolute Gasteiger partial charge is 0.383 e. The maximum absolute atomic E-state index is 9.12. The van der Waals surface area contributed by atoms with Crippen molar-refractivity contribution < 1.29 is 4.74 Å². The van der Waals surface area contributed by atoms with Crippen LogP contribution >= 0.6 is 0 Å². The van der Waals surface area contributed by atoms with E-state index in [1.165, 1.54) is 5.56 Å². The maximum atomic E-state index is 9.12. The van der Waals surface area contributed by atoms with E-state index in [1.807, 2.05) is 18.2 Å². The van der Waals surface area contributed by atoms with Crippen molar-refractivity contribution in [2.75, 3.05) is 20.3 Å². The molecule has 0 radical (unpaired) electrons. The highest BCUT2D eigenvalue weighted by Gasteiger charge is 2.23. The molecule has 0 spiro atoms. The van der Waals surface area contributed by atoms with Crippen molar-refractivity contribution >= 4 is 0 Å². The maximum Gasteiger partial charge on any atom is 0.0641 e. The molecule has 0 amide bonds. The summed E-state index contributed by atoms with van der Waals surface area (Å²) in [5, 5.41) is 9.12. The van der Waals surface area contributed by atoms with E-state index >= 15 is 0 Å². The number of ether oxygens (including phenoxy) is 1. The highest BCUT2D eigenvalue weighted by molar-refractivity contribution is 5.20. The summed E-state index contributed by atoms with van der Waals surface area (Å²) < 4.78 is 5.21. The zero-order chi connectivity index (χ0) is 14.1. The van der Waals surface area contributed by atoms with Crippen LogP contribution < -0.4 is 0 Å². The topological polar surface area (TPSA) is 36.3 Å². The van der Waals surface area contributed by atoms with Gasteiger partial charge in [0, 0.05) is 25.7 Å². The molecular formula is C16H24N2O. The molecule has 3 nitrogen and oxygen atoms in total. The predicted octanol–water partition coefficient (Wildman–Crippen LogP) is 3.39. The Morgan fingerprint density at radius 1 is 1.32 bits per heavy atom. The van der Waals surface area contributed by atoms with Gasteiger partial charge in [-0.05, 0) is 18.9 Å². The third-order valence-electron chi connectivity index (χ3n) is 3.58. The van der Waals surface area contributed by atoms with Crippen LogP contribution in [0.4, 0.5) is 0 Å². The van der Waals surface area contributed by atoms with Crippen LogP contribution in [0.3, 0.4) is 0 Å². The molecule has 2 unspecified atom stereocenters. The second kappa shape index (κ2) is 8.68. The van der Waals surface area contributed by atoms with Gasteiger partial charge in [0.2, 0.25) is 0 Å². The van der Waals surface area contributed by atoms with Gasteiger partial charge in [-0.3, -0.25) is 4.90 Å². The van der Waals surface area contributed by atoms with E-state index in [9.17, 15) is 0 Å². The summed E-state index contributed by atoms with van der Waals surface area (Å²) in [6, 6.07) is 13.2. The lowest BCUT2D eigenvalue weighted by molar-refractivity contribution is 0.0888. The molecule has 1 aromatic rings. The SMILES string of the molecule is CCC(C)N(CCOC)C(CC#N)c1ccccc1. The number of methoxy groups -OCH3 is 1. The summed E-state index contributed by atoms with van der Waals surface area (Å²) in [5.74, 6) is 0. The van der Waals surface area contributed by atoms with Gasteiger partial charge in [-0.1, -0.05) is 37.3 Å². The molecule has 1 rings (SSSR count). The molecule has 0 aromatic heterocycles. The van der Waals surface area contributed by atoms with Crippen molar-refractivity contribution in [1.82, 2.24) is 4.90 Å². The molecule has 1 aromatic carbocycles. The van der Waals surface area contributed by atoms with Crippen LogP contribution in [0.25, 0.3) is 0 Å². The molecule has 0 aliphatic carbocycles. The average molecular weight is 260 g/mol. The van der Waals surface area contributed by atoms with Crippen molar-refractivity contribution in [2.45, 2.75) is 38.8 Å². The van der Waals surface area contributed by atoms with Gasteiger partial charge < -0.3 is 4.74 Å². The minimum absolute atomic E-state index is 0.149. The van der Waals surface area contributed by atoms with Crippen molar-refractivity contribution in [3.8, 4) is 6.07 Å². The molecule has 0 N–H and O–H groups in total. The highest BCUT2D eigenvalue weighted by atomic mass is 16.5. The smallest absolute Gasteiger partial charge is 0.0641 e. The van der Waals surface area contributed by atoms with E-state index < -0.39 is 0 Å². The first-order valence-electron chi connectivity index (χ1n) is 6.91. The van der Waals surface area contributed by atoms with Gasteiger partial charge in [0.1, 0.15) is 0 Å². The zero-order valence-electron chi connectivity index (χ0n) is 12.2. The molecule has 2 atom stereocenters.